The van der Waals surface area contributed by atoms with Gasteiger partial charge in [0.2, 0.25) is 11.9 Å². The van der Waals surface area contributed by atoms with E-state index < -0.39 is 30.3 Å². The van der Waals surface area contributed by atoms with Gasteiger partial charge in [-0.05, 0) is 56.9 Å². The van der Waals surface area contributed by atoms with Crippen molar-refractivity contribution in [3.05, 3.63) is 24.4 Å². The SMILES string of the molecule is CN(C(=O)CCNCCCNCC1CCCCC1)C1CN=C(Nc2ccccn2)NC1=O.O=C(O)C(F)(F)F.O=C(O)C(F)(F)F. The monoisotopic (exact) mass is 671 g/mol. The van der Waals surface area contributed by atoms with Crippen LogP contribution in [0.1, 0.15) is 44.9 Å². The van der Waals surface area contributed by atoms with Gasteiger partial charge >= 0.3 is 24.3 Å². The Morgan fingerprint density at radius 2 is 1.54 bits per heavy atom. The first kappa shape index (κ1) is 40.0. The fraction of sp³-hybridized carbons (Fsp3) is 0.630. The molecule has 0 spiro atoms. The number of aliphatic carboxylic acids is 2. The lowest BCUT2D eigenvalue weighted by Gasteiger charge is -2.29. The Morgan fingerprint density at radius 3 is 2.07 bits per heavy atom. The lowest BCUT2D eigenvalue weighted by atomic mass is 9.89. The number of aliphatic imine (C=N–C) groups is 1. The summed E-state index contributed by atoms with van der Waals surface area (Å²) in [5.41, 5.74) is 0. The minimum absolute atomic E-state index is 0.0654. The molecule has 13 nitrogen and oxygen atoms in total. The van der Waals surface area contributed by atoms with E-state index in [1.165, 1.54) is 37.0 Å². The van der Waals surface area contributed by atoms with E-state index in [1.807, 2.05) is 12.1 Å². The van der Waals surface area contributed by atoms with Crippen molar-refractivity contribution in [1.29, 1.82) is 0 Å². The third-order valence-corrected chi connectivity index (χ3v) is 6.60. The number of amides is 2. The van der Waals surface area contributed by atoms with Gasteiger partial charge in [-0.1, -0.05) is 25.3 Å². The highest BCUT2D eigenvalue weighted by atomic mass is 19.4. The number of guanidine groups is 1. The van der Waals surface area contributed by atoms with E-state index in [4.69, 9.17) is 19.8 Å². The number of likely N-dealkylation sites (N-methyl/N-ethyl adjacent to an activating group) is 1. The molecule has 1 aromatic rings. The number of rotatable bonds is 11. The van der Waals surface area contributed by atoms with E-state index in [9.17, 15) is 35.9 Å². The van der Waals surface area contributed by atoms with Gasteiger partial charge < -0.3 is 31.1 Å². The molecule has 1 fully saturated rings. The zero-order valence-electron chi connectivity index (χ0n) is 25.1. The first-order valence-corrected chi connectivity index (χ1v) is 14.3. The Hall–Kier alpha value is -4.00. The summed E-state index contributed by atoms with van der Waals surface area (Å²) in [5, 5.41) is 26.8. The van der Waals surface area contributed by atoms with Crippen molar-refractivity contribution < 1.29 is 55.7 Å². The topological polar surface area (TPSA) is 185 Å². The van der Waals surface area contributed by atoms with Gasteiger partial charge in [-0.3, -0.25) is 14.9 Å². The maximum atomic E-state index is 12.5. The van der Waals surface area contributed by atoms with Gasteiger partial charge in [0.05, 0.1) is 6.54 Å². The van der Waals surface area contributed by atoms with Crippen LogP contribution in [0.15, 0.2) is 29.4 Å². The van der Waals surface area contributed by atoms with Crippen molar-refractivity contribution in [1.82, 2.24) is 25.8 Å². The predicted octanol–water partition coefficient (Wildman–Crippen LogP) is 2.61. The number of carbonyl (C=O) groups excluding carboxylic acids is 2. The quantitative estimate of drug-likeness (QED) is 0.151. The fourth-order valence-corrected chi connectivity index (χ4v) is 4.13. The standard InChI is InChI=1S/C23H37N7O2.2C2HF3O2/c1-30(19-17-27-23(29-22(19)32)28-20-10-5-6-14-26-20)21(31)11-15-24-12-7-13-25-16-18-8-3-2-4-9-18;2*3-2(4,5)1(6)7/h5-6,10,14,18-19,24-25H,2-4,7-9,11-13,15-17H2,1H3,(H2,26,27,28,29,32);2*(H,6,7). The predicted molar refractivity (Wildman–Crippen MR) is 154 cm³/mol. The van der Waals surface area contributed by atoms with Crippen molar-refractivity contribution in [3.8, 4) is 0 Å². The van der Waals surface area contributed by atoms with Crippen LogP contribution in [-0.2, 0) is 19.2 Å². The summed E-state index contributed by atoms with van der Waals surface area (Å²) < 4.78 is 63.5. The molecule has 0 saturated heterocycles. The van der Waals surface area contributed by atoms with Gasteiger partial charge in [0, 0.05) is 26.2 Å². The molecule has 260 valence electrons. The Balaban J connectivity index is 0.000000629. The maximum absolute atomic E-state index is 12.5. The first-order valence-electron chi connectivity index (χ1n) is 14.3. The van der Waals surface area contributed by atoms with Gasteiger partial charge in [0.15, 0.2) is 0 Å². The van der Waals surface area contributed by atoms with Crippen LogP contribution in [-0.4, -0.2) is 108 Å². The number of hydrogen-bond acceptors (Lipinski definition) is 9. The molecule has 2 aliphatic rings. The second-order valence-corrected chi connectivity index (χ2v) is 10.2. The van der Waals surface area contributed by atoms with Gasteiger partial charge in [0.25, 0.3) is 5.91 Å². The summed E-state index contributed by atoms with van der Waals surface area (Å²) in [4.78, 5) is 52.7. The Labute approximate surface area is 261 Å². The molecule has 1 aliphatic carbocycles. The average Bonchev–Trinajstić information content (AvgIpc) is 2.99. The van der Waals surface area contributed by atoms with Crippen LogP contribution in [0.25, 0.3) is 0 Å². The molecular weight excluding hydrogens is 632 g/mol. The molecule has 1 atom stereocenters. The Kier molecular flexibility index (Phi) is 17.6. The lowest BCUT2D eigenvalue weighted by Crippen LogP contribution is -2.55. The van der Waals surface area contributed by atoms with Crippen molar-refractivity contribution in [2.45, 2.75) is 63.3 Å². The molecule has 2 heterocycles. The van der Waals surface area contributed by atoms with Gasteiger partial charge in [-0.15, -0.1) is 0 Å². The highest BCUT2D eigenvalue weighted by molar-refractivity contribution is 6.07. The second-order valence-electron chi connectivity index (χ2n) is 10.2. The number of carboxylic acids is 2. The second kappa shape index (κ2) is 20.2. The summed E-state index contributed by atoms with van der Waals surface area (Å²) >= 11 is 0. The highest BCUT2D eigenvalue weighted by Crippen LogP contribution is 2.22. The number of pyridine rings is 1. The summed E-state index contributed by atoms with van der Waals surface area (Å²) in [6.07, 6.45) is -0.202. The summed E-state index contributed by atoms with van der Waals surface area (Å²) in [7, 11) is 1.66. The molecule has 19 heteroatoms. The van der Waals surface area contributed by atoms with Crippen LogP contribution in [0.4, 0.5) is 32.2 Å². The zero-order valence-corrected chi connectivity index (χ0v) is 25.1. The number of carboxylic acid groups (broad SMARTS) is 2. The third-order valence-electron chi connectivity index (χ3n) is 6.60. The van der Waals surface area contributed by atoms with Crippen molar-refractivity contribution in [2.24, 2.45) is 10.9 Å². The first-order chi connectivity index (χ1) is 21.5. The van der Waals surface area contributed by atoms with E-state index in [1.54, 1.807) is 19.3 Å². The average molecular weight is 672 g/mol. The highest BCUT2D eigenvalue weighted by Gasteiger charge is 2.39. The minimum atomic E-state index is -5.08. The van der Waals surface area contributed by atoms with Crippen molar-refractivity contribution >= 4 is 35.5 Å². The summed E-state index contributed by atoms with van der Waals surface area (Å²) in [6.45, 7) is 3.85. The molecule has 3 rings (SSSR count). The third kappa shape index (κ3) is 16.9. The minimum Gasteiger partial charge on any atom is -0.475 e. The Bertz CT molecular complexity index is 1110. The number of hydrogen-bond donors (Lipinski definition) is 6. The van der Waals surface area contributed by atoms with Crippen LogP contribution < -0.4 is 21.3 Å². The molecule has 0 bridgehead atoms. The molecule has 1 saturated carbocycles. The van der Waals surface area contributed by atoms with Crippen molar-refractivity contribution in [2.75, 3.05) is 45.1 Å². The molecule has 1 aromatic heterocycles. The van der Waals surface area contributed by atoms with Crippen molar-refractivity contribution in [3.63, 3.8) is 0 Å². The van der Waals surface area contributed by atoms with E-state index in [-0.39, 0.29) is 18.4 Å². The summed E-state index contributed by atoms with van der Waals surface area (Å²) in [5.74, 6) is -4.02. The molecule has 1 aliphatic heterocycles. The smallest absolute Gasteiger partial charge is 0.475 e. The maximum Gasteiger partial charge on any atom is 0.490 e. The number of nitrogens with zero attached hydrogens (tertiary/aromatic N) is 3. The number of aromatic nitrogens is 1. The number of carbonyl (C=O) groups is 4. The van der Waals surface area contributed by atoms with Crippen LogP contribution in [0.3, 0.4) is 0 Å². The molecule has 46 heavy (non-hydrogen) atoms. The lowest BCUT2D eigenvalue weighted by molar-refractivity contribution is -0.193. The van der Waals surface area contributed by atoms with E-state index in [2.05, 4.69) is 31.2 Å². The molecule has 2 amide bonds. The Morgan fingerprint density at radius 1 is 0.957 bits per heavy atom. The van der Waals surface area contributed by atoms with Crippen LogP contribution in [0.5, 0.6) is 0 Å². The summed E-state index contributed by atoms with van der Waals surface area (Å²) in [6, 6.07) is 4.85. The van der Waals surface area contributed by atoms with E-state index in [0.29, 0.717) is 24.7 Å². The largest absolute Gasteiger partial charge is 0.490 e. The number of nitrogens with one attached hydrogen (secondary N) is 4. The molecule has 0 radical (unpaired) electrons. The van der Waals surface area contributed by atoms with Gasteiger partial charge in [0.1, 0.15) is 11.9 Å². The molecule has 1 unspecified atom stereocenters. The molecule has 6 N–H and O–H groups in total. The molecular formula is C27H39F6N7O6. The van der Waals surface area contributed by atoms with Crippen LogP contribution in [0.2, 0.25) is 0 Å². The van der Waals surface area contributed by atoms with E-state index >= 15 is 0 Å². The van der Waals surface area contributed by atoms with Crippen LogP contribution in [0, 0.1) is 5.92 Å². The van der Waals surface area contributed by atoms with Crippen LogP contribution >= 0.6 is 0 Å². The number of halogens is 6. The van der Waals surface area contributed by atoms with E-state index in [0.717, 1.165) is 32.0 Å². The number of anilines is 1. The van der Waals surface area contributed by atoms with Gasteiger partial charge in [-0.25, -0.2) is 19.6 Å². The zero-order chi connectivity index (χ0) is 34.8. The normalized spacial score (nSPS) is 16.8. The van der Waals surface area contributed by atoms with Gasteiger partial charge in [-0.2, -0.15) is 26.3 Å². The molecule has 0 aromatic carbocycles. The fourth-order valence-electron chi connectivity index (χ4n) is 4.13. The number of alkyl halides is 6.